The van der Waals surface area contributed by atoms with Gasteiger partial charge in [-0.05, 0) is 58.4 Å². The van der Waals surface area contributed by atoms with E-state index in [0.717, 1.165) is 11.4 Å². The highest BCUT2D eigenvalue weighted by atomic mass is 32.2. The first-order valence-electron chi connectivity index (χ1n) is 18.6. The fourth-order valence-electron chi connectivity index (χ4n) is 7.16. The van der Waals surface area contributed by atoms with E-state index in [1.54, 1.807) is 21.3 Å². The molecule has 1 saturated carbocycles. The zero-order valence-electron chi connectivity index (χ0n) is 34.0. The van der Waals surface area contributed by atoms with E-state index in [2.05, 4.69) is 62.5 Å². The summed E-state index contributed by atoms with van der Waals surface area (Å²) in [4.78, 5) is 69.7. The number of likely N-dealkylation sites (N-methyl/N-ethyl adjacent to an activating group) is 1. The number of ketones is 1. The lowest BCUT2D eigenvalue weighted by Gasteiger charge is -2.38. The molecule has 1 saturated heterocycles. The molecule has 54 heavy (non-hydrogen) atoms. The van der Waals surface area contributed by atoms with Gasteiger partial charge in [0.25, 0.3) is 5.91 Å². The maximum Gasteiger partial charge on any atom is 0.315 e. The summed E-state index contributed by atoms with van der Waals surface area (Å²) in [5.74, 6) is -2.38. The van der Waals surface area contributed by atoms with E-state index < -0.39 is 47.2 Å². The first-order chi connectivity index (χ1) is 24.6. The fraction of sp³-hybridized carbons (Fsp3) is 0.711. The largest absolute Gasteiger partial charge is 0.346 e. The number of carbonyl (C=O) groups excluding carboxylic acids is 5. The van der Waals surface area contributed by atoms with Crippen molar-refractivity contribution in [1.29, 1.82) is 0 Å². The topological polar surface area (TPSA) is 152 Å². The number of urea groups is 1. The van der Waals surface area contributed by atoms with Crippen molar-refractivity contribution in [3.05, 3.63) is 30.2 Å². The second-order valence-corrected chi connectivity index (χ2v) is 19.0. The molecule has 4 N–H and O–H groups in total. The number of fused-ring (bicyclic) bond motifs is 1. The molecule has 2 fully saturated rings. The number of hydroxylamine groups is 2. The van der Waals surface area contributed by atoms with Crippen molar-refractivity contribution in [3.8, 4) is 0 Å². The van der Waals surface area contributed by atoms with Crippen LogP contribution in [-0.4, -0.2) is 97.4 Å². The third-order valence-corrected chi connectivity index (χ3v) is 11.8. The van der Waals surface area contributed by atoms with Gasteiger partial charge in [0.1, 0.15) is 29.3 Å². The van der Waals surface area contributed by atoms with Crippen LogP contribution in [0.5, 0.6) is 0 Å². The summed E-state index contributed by atoms with van der Waals surface area (Å²) in [6.45, 7) is 22.5. The summed E-state index contributed by atoms with van der Waals surface area (Å²) >= 11 is 2.79. The van der Waals surface area contributed by atoms with Crippen LogP contribution >= 0.6 is 37.1 Å². The molecule has 6 atom stereocenters. The molecule has 0 aromatic carbocycles. The summed E-state index contributed by atoms with van der Waals surface area (Å²) in [6.07, 6.45) is 3.82. The number of thiophene rings is 1. The van der Waals surface area contributed by atoms with Crippen LogP contribution in [0, 0.1) is 28.1 Å². The summed E-state index contributed by atoms with van der Waals surface area (Å²) in [5, 5.41) is 16.1. The van der Waals surface area contributed by atoms with Gasteiger partial charge < -0.3 is 26.2 Å². The van der Waals surface area contributed by atoms with E-state index in [9.17, 15) is 24.0 Å². The lowest BCUT2D eigenvalue weighted by molar-refractivity contribution is -0.145. The van der Waals surface area contributed by atoms with Gasteiger partial charge in [-0.1, -0.05) is 81.2 Å². The highest BCUT2D eigenvalue weighted by Gasteiger charge is 2.70. The molecule has 16 heteroatoms. The van der Waals surface area contributed by atoms with E-state index in [-0.39, 0.29) is 54.7 Å². The number of Topliss-reactive ketones (excluding diaryl/α,β-unsaturated/α-hetero) is 1. The number of hydrogen-bond donors (Lipinski definition) is 4. The Labute approximate surface area is 338 Å². The molecule has 1 aliphatic heterocycles. The Morgan fingerprint density at radius 1 is 1.11 bits per heavy atom. The summed E-state index contributed by atoms with van der Waals surface area (Å²) < 4.78 is 7.84. The summed E-state index contributed by atoms with van der Waals surface area (Å²) in [5.41, 5.74) is -1.01. The number of carbonyl (C=O) groups is 5. The zero-order valence-corrected chi connectivity index (χ0v) is 36.7. The minimum Gasteiger partial charge on any atom is -0.346 e. The number of rotatable bonds is 19. The molecule has 2 aliphatic rings. The van der Waals surface area contributed by atoms with E-state index in [4.69, 9.17) is 4.28 Å². The van der Waals surface area contributed by atoms with Crippen molar-refractivity contribution in [1.82, 2.24) is 31.2 Å². The second-order valence-electron chi connectivity index (χ2n) is 17.2. The smallest absolute Gasteiger partial charge is 0.315 e. The molecule has 1 aromatic heterocycles. The number of anilines is 1. The maximum atomic E-state index is 14.5. The van der Waals surface area contributed by atoms with Crippen LogP contribution in [0.15, 0.2) is 30.2 Å². The summed E-state index contributed by atoms with van der Waals surface area (Å²) in [6, 6.07) is 0.329. The lowest BCUT2D eigenvalue weighted by atomic mass is 9.85. The first kappa shape index (κ1) is 47.4. The molecule has 3 rings (SSSR count). The Bertz CT molecular complexity index is 1450. The Morgan fingerprint density at radius 3 is 2.33 bits per heavy atom. The average molecular weight is 812 g/mol. The number of likely N-dealkylation sites (tertiary alicyclic amines) is 1. The Balaban J connectivity index is 0.0000101. The standard InChI is InChI=1S/C38H63N7O6S2.H2S/c1-13-15-17-26(30(46)33(48)39-19-14-2)41-32(47)29-28-25(38(28,9)10)23-45(29)34(49)31(37(6,7)8)42-35(50)40-24(21-36(3,4)5)22-43(11)51-53-44(12)27-18-16-20-52-27;/h14,16,18,20,24-26,28-29,31H,2,13,15,17,19,21-23H2,1,3-12H3,(H,39,48)(H,41,47)(H2,40,42,50);1H2/t24?,25-,26?,28-,29?,31?;/m0./s1. The number of nitrogens with zero attached hydrogens (tertiary/aromatic N) is 3. The van der Waals surface area contributed by atoms with Crippen LogP contribution in [0.25, 0.3) is 0 Å². The average Bonchev–Trinajstić information content (AvgIpc) is 3.50. The molecule has 0 radical (unpaired) electrons. The van der Waals surface area contributed by atoms with Gasteiger partial charge in [0.2, 0.25) is 17.6 Å². The molecule has 1 aromatic rings. The molecule has 306 valence electrons. The Hall–Kier alpha value is -2.79. The Kier molecular flexibility index (Phi) is 17.4. The van der Waals surface area contributed by atoms with Crippen LogP contribution in [-0.2, 0) is 23.5 Å². The number of unbranched alkanes of at least 4 members (excludes halogenated alkanes) is 1. The van der Waals surface area contributed by atoms with E-state index in [1.165, 1.54) is 18.3 Å². The minimum absolute atomic E-state index is 0. The van der Waals surface area contributed by atoms with Gasteiger partial charge in [0, 0.05) is 39.8 Å². The van der Waals surface area contributed by atoms with Crippen molar-refractivity contribution < 1.29 is 28.3 Å². The monoisotopic (exact) mass is 811 g/mol. The highest BCUT2D eigenvalue weighted by molar-refractivity contribution is 7.96. The van der Waals surface area contributed by atoms with Crippen LogP contribution in [0.4, 0.5) is 9.80 Å². The van der Waals surface area contributed by atoms with Gasteiger partial charge in [0.05, 0.1) is 6.04 Å². The third kappa shape index (κ3) is 12.9. The minimum atomic E-state index is -1.02. The third-order valence-electron chi connectivity index (χ3n) is 10.0. The van der Waals surface area contributed by atoms with Crippen LogP contribution in [0.3, 0.4) is 0 Å². The maximum absolute atomic E-state index is 14.5. The van der Waals surface area contributed by atoms with E-state index >= 15 is 0 Å². The van der Waals surface area contributed by atoms with Crippen molar-refractivity contribution in [2.45, 2.75) is 112 Å². The molecule has 4 unspecified atom stereocenters. The van der Waals surface area contributed by atoms with Crippen LogP contribution in [0.1, 0.15) is 88.0 Å². The van der Waals surface area contributed by atoms with Gasteiger partial charge >= 0.3 is 6.03 Å². The number of hydrogen-bond acceptors (Lipinski definition) is 10. The van der Waals surface area contributed by atoms with Crippen molar-refractivity contribution >= 4 is 71.6 Å². The van der Waals surface area contributed by atoms with Gasteiger partial charge in [-0.25, -0.2) is 9.08 Å². The highest BCUT2D eigenvalue weighted by Crippen LogP contribution is 2.65. The molecule has 0 spiro atoms. The van der Waals surface area contributed by atoms with Crippen LogP contribution in [0.2, 0.25) is 0 Å². The normalized spacial score (nSPS) is 20.4. The molecule has 13 nitrogen and oxygen atoms in total. The van der Waals surface area contributed by atoms with Crippen molar-refractivity contribution in [3.63, 3.8) is 0 Å². The van der Waals surface area contributed by atoms with Gasteiger partial charge in [0.15, 0.2) is 0 Å². The zero-order chi connectivity index (χ0) is 39.9. The molecular weight excluding hydrogens is 747 g/mol. The number of piperidine rings is 1. The van der Waals surface area contributed by atoms with Gasteiger partial charge in [-0.15, -0.1) is 17.9 Å². The lowest BCUT2D eigenvalue weighted by Crippen LogP contribution is -2.62. The predicted molar refractivity (Wildman–Crippen MR) is 223 cm³/mol. The number of nitrogens with one attached hydrogen (secondary N) is 4. The molecule has 1 aliphatic carbocycles. The van der Waals surface area contributed by atoms with Crippen molar-refractivity contribution in [2.24, 2.45) is 28.1 Å². The number of amides is 5. The molecule has 2 heterocycles. The van der Waals surface area contributed by atoms with Crippen molar-refractivity contribution in [2.75, 3.05) is 38.0 Å². The van der Waals surface area contributed by atoms with E-state index in [1.807, 2.05) is 63.6 Å². The quantitative estimate of drug-likeness (QED) is 0.0482. The Morgan fingerprint density at radius 2 is 1.78 bits per heavy atom. The van der Waals surface area contributed by atoms with Gasteiger partial charge in [-0.2, -0.15) is 18.6 Å². The van der Waals surface area contributed by atoms with Crippen LogP contribution < -0.4 is 25.6 Å². The molecular formula is C38H65N7O6S3. The fourth-order valence-corrected chi connectivity index (χ4v) is 8.40. The molecule has 5 amide bonds. The van der Waals surface area contributed by atoms with Gasteiger partial charge in [-0.3, -0.25) is 23.5 Å². The predicted octanol–water partition coefficient (Wildman–Crippen LogP) is 5.27. The first-order valence-corrected chi connectivity index (χ1v) is 20.1. The molecule has 0 bridgehead atoms. The van der Waals surface area contributed by atoms with E-state index in [0.29, 0.717) is 32.4 Å². The summed E-state index contributed by atoms with van der Waals surface area (Å²) in [7, 11) is 3.73. The SMILES string of the molecule is C=CCNC(=O)C(=O)C(CCCC)NC(=O)C1[C@@H]2[C@H](CN1C(=O)C(NC(=O)NC(CN(C)OSN(C)c1cccs1)CC(C)(C)C)C(C)(C)C)C2(C)C.S. The second kappa shape index (κ2) is 19.9.